The molecule has 1 amide bonds. The highest BCUT2D eigenvalue weighted by Gasteiger charge is 2.14. The molecule has 0 saturated carbocycles. The lowest BCUT2D eigenvalue weighted by Gasteiger charge is -2.10. The van der Waals surface area contributed by atoms with Crippen LogP contribution in [-0.2, 0) is 19.4 Å². The highest BCUT2D eigenvalue weighted by molar-refractivity contribution is 5.92. The van der Waals surface area contributed by atoms with E-state index in [1.807, 2.05) is 20.8 Å². The van der Waals surface area contributed by atoms with Crippen LogP contribution in [0.25, 0.3) is 0 Å². The summed E-state index contributed by atoms with van der Waals surface area (Å²) >= 11 is 0. The van der Waals surface area contributed by atoms with Gasteiger partial charge >= 0.3 is 0 Å². The minimum absolute atomic E-state index is 0.165. The summed E-state index contributed by atoms with van der Waals surface area (Å²) in [6.07, 6.45) is 1.44. The molecule has 0 aliphatic heterocycles. The van der Waals surface area contributed by atoms with Crippen molar-refractivity contribution in [2.24, 2.45) is 0 Å². The summed E-state index contributed by atoms with van der Waals surface area (Å²) in [5.41, 5.74) is 3.18. The molecule has 0 aliphatic rings. The Balaban J connectivity index is 2.20. The van der Waals surface area contributed by atoms with E-state index in [1.54, 1.807) is 6.07 Å². The number of nitrogens with one attached hydrogen (secondary N) is 3. The van der Waals surface area contributed by atoms with Crippen LogP contribution in [0.1, 0.15) is 46.9 Å². The van der Waals surface area contributed by atoms with Crippen LogP contribution < -0.4 is 10.9 Å². The van der Waals surface area contributed by atoms with Gasteiger partial charge in [-0.15, -0.1) is 0 Å². The Kier molecular flexibility index (Phi) is 4.52. The van der Waals surface area contributed by atoms with Crippen molar-refractivity contribution >= 4 is 5.91 Å². The maximum atomic E-state index is 12.0. The van der Waals surface area contributed by atoms with Gasteiger partial charge in [-0.1, -0.05) is 13.8 Å². The number of aryl methyl sites for hydroxylation is 2. The van der Waals surface area contributed by atoms with Gasteiger partial charge in [0.2, 0.25) is 0 Å². The fraction of sp³-hybridized carbons (Fsp3) is 0.429. The first-order chi connectivity index (χ1) is 10.1. The van der Waals surface area contributed by atoms with E-state index in [0.29, 0.717) is 17.7 Å². The number of nitrogens with zero attached hydrogens (tertiary/aromatic N) is 2. The molecule has 2 aromatic rings. The summed E-state index contributed by atoms with van der Waals surface area (Å²) in [5, 5.41) is 15.9. The van der Waals surface area contributed by atoms with E-state index in [4.69, 9.17) is 0 Å². The lowest BCUT2D eigenvalue weighted by atomic mass is 10.0. The van der Waals surface area contributed by atoms with Crippen molar-refractivity contribution in [1.82, 2.24) is 25.7 Å². The van der Waals surface area contributed by atoms with Crippen molar-refractivity contribution in [3.63, 3.8) is 0 Å². The standard InChI is InChI=1S/C14H19N5O2/c1-4-9-10(13(20)19-17-11(9)5-2)7-15-14(21)12-6-8(3)16-18-12/h6H,4-5,7H2,1-3H3,(H,15,21)(H,16,18)(H,19,20). The van der Waals surface area contributed by atoms with Crippen LogP contribution in [0.4, 0.5) is 0 Å². The zero-order valence-corrected chi connectivity index (χ0v) is 12.4. The maximum Gasteiger partial charge on any atom is 0.272 e. The van der Waals surface area contributed by atoms with Crippen LogP contribution in [0, 0.1) is 6.92 Å². The molecule has 0 spiro atoms. The van der Waals surface area contributed by atoms with Crippen LogP contribution in [0.2, 0.25) is 0 Å². The van der Waals surface area contributed by atoms with Crippen LogP contribution in [-0.4, -0.2) is 26.3 Å². The summed E-state index contributed by atoms with van der Waals surface area (Å²) < 4.78 is 0. The van der Waals surface area contributed by atoms with Gasteiger partial charge in [0.05, 0.1) is 5.69 Å². The number of aromatic nitrogens is 4. The second-order valence-corrected chi connectivity index (χ2v) is 4.78. The first-order valence-corrected chi connectivity index (χ1v) is 6.96. The lowest BCUT2D eigenvalue weighted by molar-refractivity contribution is 0.0945. The largest absolute Gasteiger partial charge is 0.346 e. The monoisotopic (exact) mass is 289 g/mol. The molecule has 0 saturated heterocycles. The molecule has 0 radical (unpaired) electrons. The Labute approximate surface area is 122 Å². The molecular weight excluding hydrogens is 270 g/mol. The minimum Gasteiger partial charge on any atom is -0.346 e. The van der Waals surface area contributed by atoms with Crippen molar-refractivity contribution in [2.45, 2.75) is 40.2 Å². The topological polar surface area (TPSA) is 104 Å². The van der Waals surface area contributed by atoms with E-state index < -0.39 is 0 Å². The van der Waals surface area contributed by atoms with Gasteiger partial charge in [0.1, 0.15) is 5.69 Å². The number of hydrogen-bond donors (Lipinski definition) is 3. The molecule has 2 aromatic heterocycles. The number of hydrogen-bond acceptors (Lipinski definition) is 4. The van der Waals surface area contributed by atoms with E-state index in [-0.39, 0.29) is 18.0 Å². The summed E-state index contributed by atoms with van der Waals surface area (Å²) in [6, 6.07) is 1.66. The average molecular weight is 289 g/mol. The normalized spacial score (nSPS) is 10.6. The fourth-order valence-corrected chi connectivity index (χ4v) is 2.25. The van der Waals surface area contributed by atoms with Crippen LogP contribution in [0.3, 0.4) is 0 Å². The molecule has 2 rings (SSSR count). The van der Waals surface area contributed by atoms with E-state index >= 15 is 0 Å². The molecule has 21 heavy (non-hydrogen) atoms. The average Bonchev–Trinajstić information content (AvgIpc) is 2.91. The zero-order chi connectivity index (χ0) is 15.4. The van der Waals surface area contributed by atoms with Gasteiger partial charge in [0, 0.05) is 17.8 Å². The molecule has 0 unspecified atom stereocenters. The molecule has 112 valence electrons. The first kappa shape index (κ1) is 15.0. The van der Waals surface area contributed by atoms with Gasteiger partial charge < -0.3 is 5.32 Å². The predicted molar refractivity (Wildman–Crippen MR) is 78.1 cm³/mol. The van der Waals surface area contributed by atoms with Crippen LogP contribution in [0.5, 0.6) is 0 Å². The van der Waals surface area contributed by atoms with E-state index in [9.17, 15) is 9.59 Å². The number of H-pyrrole nitrogens is 2. The first-order valence-electron chi connectivity index (χ1n) is 6.96. The Bertz CT molecular complexity index is 702. The Hall–Kier alpha value is -2.44. The summed E-state index contributed by atoms with van der Waals surface area (Å²) in [6.45, 7) is 5.94. The molecular formula is C14H19N5O2. The van der Waals surface area contributed by atoms with Crippen molar-refractivity contribution < 1.29 is 4.79 Å². The third-order valence-corrected chi connectivity index (χ3v) is 3.33. The molecule has 0 fully saturated rings. The second kappa shape index (κ2) is 6.34. The minimum atomic E-state index is -0.310. The summed E-state index contributed by atoms with van der Waals surface area (Å²) in [5.74, 6) is -0.310. The SMILES string of the molecule is CCc1n[nH]c(=O)c(CNC(=O)c2cc(C)[nH]n2)c1CC. The molecule has 0 atom stereocenters. The van der Waals surface area contributed by atoms with Crippen LogP contribution >= 0.6 is 0 Å². The Morgan fingerprint density at radius 1 is 1.19 bits per heavy atom. The van der Waals surface area contributed by atoms with Gasteiger partial charge in [-0.25, -0.2) is 5.10 Å². The van der Waals surface area contributed by atoms with Crippen molar-refractivity contribution in [3.05, 3.63) is 44.6 Å². The number of carbonyl (C=O) groups is 1. The maximum absolute atomic E-state index is 12.0. The fourth-order valence-electron chi connectivity index (χ4n) is 2.25. The smallest absolute Gasteiger partial charge is 0.272 e. The summed E-state index contributed by atoms with van der Waals surface area (Å²) in [7, 11) is 0. The number of amides is 1. The number of aromatic amines is 2. The van der Waals surface area contributed by atoms with Gasteiger partial charge in [-0.3, -0.25) is 14.7 Å². The van der Waals surface area contributed by atoms with Gasteiger partial charge in [0.25, 0.3) is 11.5 Å². The Morgan fingerprint density at radius 2 is 1.95 bits per heavy atom. The zero-order valence-electron chi connectivity index (χ0n) is 12.4. The third-order valence-electron chi connectivity index (χ3n) is 3.33. The van der Waals surface area contributed by atoms with Gasteiger partial charge in [-0.05, 0) is 31.4 Å². The Morgan fingerprint density at radius 3 is 2.52 bits per heavy atom. The molecule has 7 nitrogen and oxygen atoms in total. The van der Waals surface area contributed by atoms with Crippen LogP contribution in [0.15, 0.2) is 10.9 Å². The molecule has 0 aromatic carbocycles. The molecule has 3 N–H and O–H groups in total. The van der Waals surface area contributed by atoms with E-state index in [0.717, 1.165) is 23.4 Å². The van der Waals surface area contributed by atoms with E-state index in [2.05, 4.69) is 25.7 Å². The molecule has 2 heterocycles. The lowest BCUT2D eigenvalue weighted by Crippen LogP contribution is -2.29. The highest BCUT2D eigenvalue weighted by atomic mass is 16.2. The molecule has 0 aliphatic carbocycles. The van der Waals surface area contributed by atoms with Gasteiger partial charge in [0.15, 0.2) is 0 Å². The third kappa shape index (κ3) is 3.18. The second-order valence-electron chi connectivity index (χ2n) is 4.78. The number of rotatable bonds is 5. The highest BCUT2D eigenvalue weighted by Crippen LogP contribution is 2.10. The van der Waals surface area contributed by atoms with Gasteiger partial charge in [-0.2, -0.15) is 10.2 Å². The molecule has 7 heteroatoms. The van der Waals surface area contributed by atoms with E-state index in [1.165, 1.54) is 0 Å². The quantitative estimate of drug-likeness (QED) is 0.759. The molecule has 0 bridgehead atoms. The van der Waals surface area contributed by atoms with Crippen molar-refractivity contribution in [2.75, 3.05) is 0 Å². The number of carbonyl (C=O) groups excluding carboxylic acids is 1. The van der Waals surface area contributed by atoms with Crippen molar-refractivity contribution in [1.29, 1.82) is 0 Å². The van der Waals surface area contributed by atoms with Crippen molar-refractivity contribution in [3.8, 4) is 0 Å². The summed E-state index contributed by atoms with van der Waals surface area (Å²) in [4.78, 5) is 23.9. The predicted octanol–water partition coefficient (Wildman–Crippen LogP) is 0.856.